The van der Waals surface area contributed by atoms with Crippen molar-refractivity contribution in [2.75, 3.05) is 5.32 Å². The van der Waals surface area contributed by atoms with Crippen molar-refractivity contribution in [3.63, 3.8) is 0 Å². The van der Waals surface area contributed by atoms with Crippen molar-refractivity contribution in [2.24, 2.45) is 10.9 Å². The Morgan fingerprint density at radius 2 is 1.61 bits per heavy atom. The van der Waals surface area contributed by atoms with E-state index in [0.29, 0.717) is 23.4 Å². The fraction of sp³-hybridized carbons (Fsp3) is 0.286. The Balaban J connectivity index is 1.45. The summed E-state index contributed by atoms with van der Waals surface area (Å²) in [5.74, 6) is 0.960. The zero-order chi connectivity index (χ0) is 23.2. The molecule has 0 amide bonds. The van der Waals surface area contributed by atoms with Crippen molar-refractivity contribution in [1.82, 2.24) is 0 Å². The van der Waals surface area contributed by atoms with Crippen LogP contribution < -0.4 is 5.32 Å². The molecular formula is C28H30N2O3. The number of aromatic hydroxyl groups is 1. The van der Waals surface area contributed by atoms with E-state index in [2.05, 4.69) is 34.6 Å². The summed E-state index contributed by atoms with van der Waals surface area (Å²) in [6, 6.07) is 23.9. The summed E-state index contributed by atoms with van der Waals surface area (Å²) in [6.07, 6.45) is 4.34. The molecular weight excluding hydrogens is 412 g/mol. The van der Waals surface area contributed by atoms with Crippen LogP contribution in [-0.4, -0.2) is 22.0 Å². The van der Waals surface area contributed by atoms with E-state index in [4.69, 9.17) is 5.11 Å². The van der Waals surface area contributed by atoms with Crippen LogP contribution in [0.1, 0.15) is 50.5 Å². The first-order valence-corrected chi connectivity index (χ1v) is 11.5. The minimum atomic E-state index is -0.688. The molecule has 5 nitrogen and oxygen atoms in total. The van der Waals surface area contributed by atoms with Gasteiger partial charge in [-0.3, -0.25) is 4.79 Å². The second kappa shape index (κ2) is 10.3. The number of para-hydroxylation sites is 1. The molecule has 170 valence electrons. The molecule has 4 rings (SSSR count). The third kappa shape index (κ3) is 6.01. The summed E-state index contributed by atoms with van der Waals surface area (Å²) >= 11 is 0. The highest BCUT2D eigenvalue weighted by atomic mass is 16.4. The van der Waals surface area contributed by atoms with Gasteiger partial charge in [0.25, 0.3) is 0 Å². The van der Waals surface area contributed by atoms with Gasteiger partial charge < -0.3 is 15.5 Å². The van der Waals surface area contributed by atoms with E-state index in [1.54, 1.807) is 6.07 Å². The van der Waals surface area contributed by atoms with Crippen molar-refractivity contribution >= 4 is 23.2 Å². The maximum absolute atomic E-state index is 11.0. The summed E-state index contributed by atoms with van der Waals surface area (Å²) in [4.78, 5) is 15.5. The summed E-state index contributed by atoms with van der Waals surface area (Å²) in [5.41, 5.74) is 4.85. The molecule has 0 saturated heterocycles. The third-order valence-corrected chi connectivity index (χ3v) is 6.39. The van der Waals surface area contributed by atoms with E-state index >= 15 is 0 Å². The van der Waals surface area contributed by atoms with Gasteiger partial charge in [-0.25, -0.2) is 4.99 Å². The largest absolute Gasteiger partial charge is 0.506 e. The van der Waals surface area contributed by atoms with Crippen LogP contribution in [0.3, 0.4) is 0 Å². The number of rotatable bonds is 6. The van der Waals surface area contributed by atoms with Crippen LogP contribution in [-0.2, 0) is 4.79 Å². The van der Waals surface area contributed by atoms with Gasteiger partial charge in [0.2, 0.25) is 0 Å². The topological polar surface area (TPSA) is 81.9 Å². The van der Waals surface area contributed by atoms with E-state index in [0.717, 1.165) is 42.5 Å². The van der Waals surface area contributed by atoms with E-state index < -0.39 is 5.97 Å². The minimum absolute atomic E-state index is 0.141. The maximum Gasteiger partial charge on any atom is 0.303 e. The Hall–Kier alpha value is -3.60. The van der Waals surface area contributed by atoms with Crippen LogP contribution in [0.2, 0.25) is 0 Å². The highest BCUT2D eigenvalue weighted by Gasteiger charge is 2.24. The van der Waals surface area contributed by atoms with Gasteiger partial charge in [0.05, 0.1) is 0 Å². The SMILES string of the molecule is CC(=Nc1cc(-c2ccc(C3CCC(CC(=O)O)CC3)cc2)ccc1O)Nc1ccccc1. The van der Waals surface area contributed by atoms with Crippen LogP contribution >= 0.6 is 0 Å². The number of phenols is 1. The van der Waals surface area contributed by atoms with Gasteiger partial charge in [0, 0.05) is 12.1 Å². The Labute approximate surface area is 194 Å². The number of carboxylic acids is 1. The molecule has 0 radical (unpaired) electrons. The molecule has 0 bridgehead atoms. The molecule has 0 aliphatic heterocycles. The van der Waals surface area contributed by atoms with Gasteiger partial charge in [0.15, 0.2) is 0 Å². The van der Waals surface area contributed by atoms with Crippen LogP contribution in [0, 0.1) is 5.92 Å². The second-order valence-electron chi connectivity index (χ2n) is 8.83. The van der Waals surface area contributed by atoms with E-state index in [1.807, 2.05) is 49.4 Å². The lowest BCUT2D eigenvalue weighted by Gasteiger charge is -2.28. The molecule has 0 heterocycles. The van der Waals surface area contributed by atoms with Crippen LogP contribution in [0.5, 0.6) is 5.75 Å². The first kappa shape index (κ1) is 22.6. The third-order valence-electron chi connectivity index (χ3n) is 6.39. The molecule has 1 saturated carbocycles. The molecule has 0 aromatic heterocycles. The maximum atomic E-state index is 11.0. The molecule has 1 aliphatic rings. The molecule has 5 heteroatoms. The number of nitrogens with zero attached hydrogens (tertiary/aromatic N) is 1. The number of hydrogen-bond acceptors (Lipinski definition) is 3. The molecule has 0 unspecified atom stereocenters. The summed E-state index contributed by atoms with van der Waals surface area (Å²) in [6.45, 7) is 1.87. The number of nitrogens with one attached hydrogen (secondary N) is 1. The Morgan fingerprint density at radius 3 is 2.27 bits per heavy atom. The van der Waals surface area contributed by atoms with Gasteiger partial charge in [-0.2, -0.15) is 0 Å². The number of amidine groups is 1. The van der Waals surface area contributed by atoms with E-state index in [1.165, 1.54) is 5.56 Å². The summed E-state index contributed by atoms with van der Waals surface area (Å²) in [5, 5.41) is 22.6. The second-order valence-corrected chi connectivity index (χ2v) is 8.83. The number of carboxylic acid groups (broad SMARTS) is 1. The Bertz CT molecular complexity index is 1120. The molecule has 3 aromatic rings. The van der Waals surface area contributed by atoms with Gasteiger partial charge in [0.1, 0.15) is 17.3 Å². The summed E-state index contributed by atoms with van der Waals surface area (Å²) < 4.78 is 0. The highest BCUT2D eigenvalue weighted by molar-refractivity contribution is 5.95. The number of hydrogen-bond donors (Lipinski definition) is 3. The number of aliphatic imine (C=N–C) groups is 1. The molecule has 33 heavy (non-hydrogen) atoms. The molecule has 0 spiro atoms. The highest BCUT2D eigenvalue weighted by Crippen LogP contribution is 2.38. The Morgan fingerprint density at radius 1 is 0.939 bits per heavy atom. The Kier molecular flexibility index (Phi) is 7.08. The zero-order valence-corrected chi connectivity index (χ0v) is 18.9. The zero-order valence-electron chi connectivity index (χ0n) is 18.9. The fourth-order valence-corrected chi connectivity index (χ4v) is 4.63. The minimum Gasteiger partial charge on any atom is -0.506 e. The summed E-state index contributed by atoms with van der Waals surface area (Å²) in [7, 11) is 0. The van der Waals surface area contributed by atoms with Gasteiger partial charge >= 0.3 is 5.97 Å². The van der Waals surface area contributed by atoms with E-state index in [9.17, 15) is 9.90 Å². The first-order chi connectivity index (χ1) is 16.0. The monoisotopic (exact) mass is 442 g/mol. The lowest BCUT2D eigenvalue weighted by molar-refractivity contribution is -0.138. The van der Waals surface area contributed by atoms with Crippen LogP contribution in [0.4, 0.5) is 11.4 Å². The number of carbonyl (C=O) groups is 1. The molecule has 3 N–H and O–H groups in total. The van der Waals surface area contributed by atoms with Gasteiger partial charge in [-0.15, -0.1) is 0 Å². The van der Waals surface area contributed by atoms with Crippen molar-refractivity contribution in [3.8, 4) is 16.9 Å². The average molecular weight is 443 g/mol. The van der Waals surface area contributed by atoms with Crippen molar-refractivity contribution in [1.29, 1.82) is 0 Å². The number of phenolic OH excluding ortho intramolecular Hbond substituents is 1. The van der Waals surface area contributed by atoms with E-state index in [-0.39, 0.29) is 12.2 Å². The number of aliphatic carboxylic acids is 1. The van der Waals surface area contributed by atoms with Crippen molar-refractivity contribution in [2.45, 2.75) is 44.9 Å². The lowest BCUT2D eigenvalue weighted by atomic mass is 9.77. The van der Waals surface area contributed by atoms with Crippen LogP contribution in [0.15, 0.2) is 77.8 Å². The normalized spacial score (nSPS) is 18.6. The standard InChI is InChI=1S/C28H30N2O3/c1-19(29-25-5-3-2-4-6-25)30-26-18-24(15-16-27(26)31)23-13-11-22(12-14-23)21-9-7-20(8-10-21)17-28(32)33/h2-6,11-16,18,20-21,31H,7-10,17H2,1H3,(H,29,30)(H,32,33). The predicted molar refractivity (Wildman–Crippen MR) is 133 cm³/mol. The fourth-order valence-electron chi connectivity index (χ4n) is 4.63. The molecule has 1 fully saturated rings. The predicted octanol–water partition coefficient (Wildman–Crippen LogP) is 6.97. The smallest absolute Gasteiger partial charge is 0.303 e. The molecule has 0 atom stereocenters. The van der Waals surface area contributed by atoms with Gasteiger partial charge in [-0.1, -0.05) is 48.5 Å². The van der Waals surface area contributed by atoms with Crippen molar-refractivity contribution in [3.05, 3.63) is 78.4 Å². The quantitative estimate of drug-likeness (QED) is 0.284. The lowest BCUT2D eigenvalue weighted by Crippen LogP contribution is -2.16. The van der Waals surface area contributed by atoms with Crippen LogP contribution in [0.25, 0.3) is 11.1 Å². The molecule has 3 aromatic carbocycles. The van der Waals surface area contributed by atoms with Gasteiger partial charge in [-0.05, 0) is 85.4 Å². The average Bonchev–Trinajstić information content (AvgIpc) is 2.81. The molecule has 1 aliphatic carbocycles. The number of anilines is 1. The first-order valence-electron chi connectivity index (χ1n) is 11.5. The van der Waals surface area contributed by atoms with Crippen molar-refractivity contribution < 1.29 is 15.0 Å². The number of benzene rings is 3.